The Kier molecular flexibility index (Phi) is 6.63. The molecule has 2 amide bonds. The fourth-order valence-electron chi connectivity index (χ4n) is 5.19. The molecular weight excluding hydrogens is 495 g/mol. The van der Waals surface area contributed by atoms with Crippen LogP contribution in [0.15, 0.2) is 48.5 Å². The molecule has 5 rings (SSSR count). The van der Waals surface area contributed by atoms with Gasteiger partial charge in [-0.15, -0.1) is 0 Å². The number of pyridine rings is 1. The molecule has 3 aromatic rings. The average molecular weight is 528 g/mol. The number of alkyl halides is 3. The lowest BCUT2D eigenvalue weighted by atomic mass is 10.1. The molecule has 2 aliphatic heterocycles. The van der Waals surface area contributed by atoms with Gasteiger partial charge in [0.05, 0.1) is 11.1 Å². The second-order valence-corrected chi connectivity index (χ2v) is 11.1. The zero-order valence-corrected chi connectivity index (χ0v) is 21.9. The van der Waals surface area contributed by atoms with Gasteiger partial charge < -0.3 is 20.3 Å². The summed E-state index contributed by atoms with van der Waals surface area (Å²) in [6, 6.07) is 13.1. The number of carbonyl (C=O) groups excluding carboxylic acids is 1. The molecule has 2 unspecified atom stereocenters. The maximum Gasteiger partial charge on any atom is 0.416 e. The predicted octanol–water partition coefficient (Wildman–Crippen LogP) is 5.91. The van der Waals surface area contributed by atoms with E-state index >= 15 is 0 Å². The van der Waals surface area contributed by atoms with E-state index in [1.165, 1.54) is 0 Å². The number of para-hydroxylation sites is 1. The van der Waals surface area contributed by atoms with Crippen LogP contribution >= 0.6 is 0 Å². The number of hydrogen-bond acceptors (Lipinski definition) is 5. The number of rotatable bonds is 5. The quantitative estimate of drug-likeness (QED) is 0.432. The van der Waals surface area contributed by atoms with Crippen LogP contribution in [0.4, 0.5) is 29.3 Å². The summed E-state index contributed by atoms with van der Waals surface area (Å²) in [5.41, 5.74) is 1.35. The molecule has 0 aliphatic carbocycles. The third-order valence-electron chi connectivity index (χ3n) is 6.85. The number of carbonyl (C=O) groups is 1. The summed E-state index contributed by atoms with van der Waals surface area (Å²) in [5.74, 6) is 0.127. The average Bonchev–Trinajstić information content (AvgIpc) is 3.42. The van der Waals surface area contributed by atoms with Crippen molar-refractivity contribution in [3.63, 3.8) is 0 Å². The highest BCUT2D eigenvalue weighted by atomic mass is 19.4. The first-order valence-electron chi connectivity index (χ1n) is 12.7. The van der Waals surface area contributed by atoms with Gasteiger partial charge in [-0.05, 0) is 58.4 Å². The number of aryl methyl sites for hydroxylation is 1. The minimum absolute atomic E-state index is 0.0629. The van der Waals surface area contributed by atoms with Crippen LogP contribution in [0, 0.1) is 6.92 Å². The van der Waals surface area contributed by atoms with Crippen LogP contribution in [0.5, 0.6) is 5.75 Å². The third kappa shape index (κ3) is 5.65. The summed E-state index contributed by atoms with van der Waals surface area (Å²) in [4.78, 5) is 21.0. The second-order valence-electron chi connectivity index (χ2n) is 11.1. The minimum Gasteiger partial charge on any atom is -0.478 e. The van der Waals surface area contributed by atoms with E-state index in [9.17, 15) is 18.0 Å². The standard InChI is InChI=1S/C28H32F3N5O2/c1-17-9-25(23-7-5-6-8-24(23)32-17)33-19-10-18(28(29,30)31)11-22(12-19)38-16-35-14-21-13-20(35)15-36(21)26(37)34-27(2,3)4/h5-12,20-21H,13-16H2,1-4H3,(H,32,33)(H,34,37). The number of aromatic nitrogens is 1. The lowest BCUT2D eigenvalue weighted by molar-refractivity contribution is -0.137. The first kappa shape index (κ1) is 26.1. The number of halogens is 3. The fraction of sp³-hybridized carbons (Fsp3) is 0.429. The molecule has 2 N–H and O–H groups in total. The van der Waals surface area contributed by atoms with E-state index in [0.29, 0.717) is 18.8 Å². The normalized spacial score (nSPS) is 19.7. The lowest BCUT2D eigenvalue weighted by Crippen LogP contribution is -2.55. The van der Waals surface area contributed by atoms with Crippen molar-refractivity contribution in [3.05, 3.63) is 59.8 Å². The monoisotopic (exact) mass is 527 g/mol. The van der Waals surface area contributed by atoms with Gasteiger partial charge in [0.1, 0.15) is 12.5 Å². The first-order chi connectivity index (χ1) is 17.9. The van der Waals surface area contributed by atoms with Crippen LogP contribution in [-0.4, -0.2) is 58.3 Å². The van der Waals surface area contributed by atoms with Crippen molar-refractivity contribution in [1.82, 2.24) is 20.1 Å². The molecule has 0 radical (unpaired) electrons. The molecule has 38 heavy (non-hydrogen) atoms. The molecule has 2 saturated heterocycles. The van der Waals surface area contributed by atoms with Crippen LogP contribution in [0.25, 0.3) is 10.9 Å². The Morgan fingerprint density at radius 2 is 1.84 bits per heavy atom. The van der Waals surface area contributed by atoms with E-state index in [1.54, 1.807) is 6.07 Å². The SMILES string of the molecule is Cc1cc(Nc2cc(OCN3CC4CC3CN4C(=O)NC(C)(C)C)cc(C(F)(F)F)c2)c2ccccc2n1. The molecule has 2 atom stereocenters. The van der Waals surface area contributed by atoms with E-state index in [0.717, 1.165) is 35.2 Å². The van der Waals surface area contributed by atoms with Crippen molar-refractivity contribution in [1.29, 1.82) is 0 Å². The summed E-state index contributed by atoms with van der Waals surface area (Å²) in [7, 11) is 0. The summed E-state index contributed by atoms with van der Waals surface area (Å²) in [6.45, 7) is 9.00. The van der Waals surface area contributed by atoms with Crippen molar-refractivity contribution >= 4 is 28.3 Å². The Bertz CT molecular complexity index is 1350. The van der Waals surface area contributed by atoms with Gasteiger partial charge in [0, 0.05) is 59.2 Å². The van der Waals surface area contributed by atoms with E-state index < -0.39 is 11.7 Å². The molecule has 2 aliphatic rings. The van der Waals surface area contributed by atoms with Gasteiger partial charge >= 0.3 is 12.2 Å². The molecule has 2 fully saturated rings. The number of nitrogens with zero attached hydrogens (tertiary/aromatic N) is 3. The number of piperazine rings is 1. The van der Waals surface area contributed by atoms with Gasteiger partial charge in [-0.25, -0.2) is 4.79 Å². The van der Waals surface area contributed by atoms with E-state index in [-0.39, 0.29) is 41.8 Å². The smallest absolute Gasteiger partial charge is 0.416 e. The first-order valence-corrected chi connectivity index (χ1v) is 12.7. The van der Waals surface area contributed by atoms with E-state index in [2.05, 4.69) is 20.5 Å². The zero-order chi connectivity index (χ0) is 27.2. The van der Waals surface area contributed by atoms with Crippen LogP contribution in [0.1, 0.15) is 38.4 Å². The molecule has 202 valence electrons. The van der Waals surface area contributed by atoms with Crippen LogP contribution in [-0.2, 0) is 6.18 Å². The number of fused-ring (bicyclic) bond motifs is 3. The summed E-state index contributed by atoms with van der Waals surface area (Å²) >= 11 is 0. The Labute approximate surface area is 220 Å². The number of benzene rings is 2. The Balaban J connectivity index is 1.31. The molecule has 7 nitrogen and oxygen atoms in total. The number of likely N-dealkylation sites (tertiary alicyclic amines) is 2. The predicted molar refractivity (Wildman–Crippen MR) is 141 cm³/mol. The Morgan fingerprint density at radius 1 is 1.08 bits per heavy atom. The maximum atomic E-state index is 13.8. The van der Waals surface area contributed by atoms with Crippen molar-refractivity contribution in [2.24, 2.45) is 0 Å². The molecule has 2 aromatic carbocycles. The van der Waals surface area contributed by atoms with Gasteiger partial charge in [-0.3, -0.25) is 9.88 Å². The molecule has 2 bridgehead atoms. The lowest BCUT2D eigenvalue weighted by Gasteiger charge is -2.35. The summed E-state index contributed by atoms with van der Waals surface area (Å²) < 4.78 is 47.2. The van der Waals surface area contributed by atoms with Crippen molar-refractivity contribution in [2.45, 2.75) is 57.9 Å². The highest BCUT2D eigenvalue weighted by molar-refractivity contribution is 5.93. The third-order valence-corrected chi connectivity index (χ3v) is 6.85. The topological polar surface area (TPSA) is 69.7 Å². The largest absolute Gasteiger partial charge is 0.478 e. The van der Waals surface area contributed by atoms with E-state index in [1.807, 2.05) is 62.9 Å². The minimum atomic E-state index is -4.53. The molecule has 0 spiro atoms. The summed E-state index contributed by atoms with van der Waals surface area (Å²) in [5, 5.41) is 6.96. The highest BCUT2D eigenvalue weighted by Gasteiger charge is 2.45. The van der Waals surface area contributed by atoms with Gasteiger partial charge in [-0.2, -0.15) is 13.2 Å². The van der Waals surface area contributed by atoms with Crippen molar-refractivity contribution < 1.29 is 22.7 Å². The second kappa shape index (κ2) is 9.65. The van der Waals surface area contributed by atoms with Gasteiger partial charge in [0.2, 0.25) is 0 Å². The zero-order valence-electron chi connectivity index (χ0n) is 21.9. The van der Waals surface area contributed by atoms with Crippen molar-refractivity contribution in [2.75, 3.05) is 25.1 Å². The Hall–Kier alpha value is -3.53. The van der Waals surface area contributed by atoms with Crippen LogP contribution in [0.2, 0.25) is 0 Å². The fourth-order valence-corrected chi connectivity index (χ4v) is 5.19. The number of amides is 2. The van der Waals surface area contributed by atoms with Crippen LogP contribution < -0.4 is 15.4 Å². The van der Waals surface area contributed by atoms with Gasteiger partial charge in [0.25, 0.3) is 0 Å². The number of anilines is 2. The van der Waals surface area contributed by atoms with Crippen molar-refractivity contribution in [3.8, 4) is 5.75 Å². The van der Waals surface area contributed by atoms with Crippen LogP contribution in [0.3, 0.4) is 0 Å². The number of urea groups is 1. The van der Waals surface area contributed by atoms with E-state index in [4.69, 9.17) is 4.74 Å². The molecule has 1 aromatic heterocycles. The maximum absolute atomic E-state index is 13.8. The summed E-state index contributed by atoms with van der Waals surface area (Å²) in [6.07, 6.45) is -3.70. The van der Waals surface area contributed by atoms with Gasteiger partial charge in [-0.1, -0.05) is 18.2 Å². The number of ether oxygens (including phenoxy) is 1. The molecule has 0 saturated carbocycles. The number of hydrogen-bond donors (Lipinski definition) is 2. The molecule has 10 heteroatoms. The Morgan fingerprint density at radius 3 is 2.53 bits per heavy atom. The molecular formula is C28H32F3N5O2. The highest BCUT2D eigenvalue weighted by Crippen LogP contribution is 2.37. The molecule has 3 heterocycles. The van der Waals surface area contributed by atoms with Gasteiger partial charge in [0.15, 0.2) is 0 Å². The number of nitrogens with one attached hydrogen (secondary N) is 2.